The zero-order valence-electron chi connectivity index (χ0n) is 7.79. The molecular formula is C11H8N2O2. The molecule has 0 saturated carbocycles. The summed E-state index contributed by atoms with van der Waals surface area (Å²) in [4.78, 5) is 0. The van der Waals surface area contributed by atoms with Crippen LogP contribution in [0.2, 0.25) is 0 Å². The molecule has 1 aromatic heterocycles. The normalized spacial score (nSPS) is 11.2. The molecule has 0 aliphatic rings. The number of benzene rings is 2. The van der Waals surface area contributed by atoms with Gasteiger partial charge < -0.3 is 10.4 Å². The summed E-state index contributed by atoms with van der Waals surface area (Å²) >= 11 is 0. The fraction of sp³-hybridized carbons (Fsp3) is 0. The summed E-state index contributed by atoms with van der Waals surface area (Å²) in [6.45, 7) is 0. The first kappa shape index (κ1) is 8.11. The van der Waals surface area contributed by atoms with Gasteiger partial charge in [-0.15, -0.1) is 0 Å². The lowest BCUT2D eigenvalue weighted by atomic mass is 10.1. The Kier molecular flexibility index (Phi) is 1.42. The Morgan fingerprint density at radius 3 is 2.80 bits per heavy atom. The molecule has 0 spiro atoms. The van der Waals surface area contributed by atoms with Gasteiger partial charge in [-0.3, -0.25) is 0 Å². The molecule has 4 heteroatoms. The number of hydrogen-bond acceptors (Lipinski definition) is 2. The van der Waals surface area contributed by atoms with Gasteiger partial charge in [0.1, 0.15) is 0 Å². The summed E-state index contributed by atoms with van der Waals surface area (Å²) in [5, 5.41) is 22.8. The molecule has 4 nitrogen and oxygen atoms in total. The Labute approximate surface area is 85.1 Å². The van der Waals surface area contributed by atoms with Crippen LogP contribution < -0.4 is 4.73 Å². The average Bonchev–Trinajstić information content (AvgIpc) is 2.55. The van der Waals surface area contributed by atoms with E-state index >= 15 is 0 Å². The maximum atomic E-state index is 11.4. The number of nitrogens with zero attached hydrogens (tertiary/aromatic N) is 2. The van der Waals surface area contributed by atoms with Crippen LogP contribution in [0.25, 0.3) is 21.8 Å². The van der Waals surface area contributed by atoms with Crippen LogP contribution in [0.15, 0.2) is 42.7 Å². The molecule has 2 aromatic carbocycles. The number of imidazole rings is 1. The van der Waals surface area contributed by atoms with Crippen molar-refractivity contribution in [3.8, 4) is 0 Å². The van der Waals surface area contributed by atoms with E-state index in [0.717, 1.165) is 21.8 Å². The number of rotatable bonds is 0. The Balaban J connectivity index is 2.64. The third-order valence-electron chi connectivity index (χ3n) is 2.56. The monoisotopic (exact) mass is 200 g/mol. The Hall–Kier alpha value is -2.23. The molecule has 0 fully saturated rings. The lowest BCUT2D eigenvalue weighted by Gasteiger charge is -1.98. The fourth-order valence-corrected chi connectivity index (χ4v) is 1.88. The third-order valence-corrected chi connectivity index (χ3v) is 2.56. The molecule has 3 rings (SSSR count). The maximum Gasteiger partial charge on any atom is 0.288 e. The van der Waals surface area contributed by atoms with Crippen molar-refractivity contribution >= 4 is 21.8 Å². The first-order valence-corrected chi connectivity index (χ1v) is 4.58. The van der Waals surface area contributed by atoms with Crippen LogP contribution in [0, 0.1) is 5.21 Å². The van der Waals surface area contributed by atoms with Gasteiger partial charge in [0, 0.05) is 5.39 Å². The number of fused-ring (bicyclic) bond motifs is 3. The van der Waals surface area contributed by atoms with Gasteiger partial charge in [-0.2, -0.15) is 0 Å². The standard InChI is InChI=1S/C11H8N2O2/c14-12-7-13(15)11-9-4-2-1-3-8(9)5-6-10(11)12/h1-7,15H. The highest BCUT2D eigenvalue weighted by atomic mass is 16.5. The molecule has 1 N–H and O–H groups in total. The van der Waals surface area contributed by atoms with Crippen LogP contribution >= 0.6 is 0 Å². The third kappa shape index (κ3) is 0.985. The highest BCUT2D eigenvalue weighted by Gasteiger charge is 2.14. The van der Waals surface area contributed by atoms with E-state index < -0.39 is 0 Å². The zero-order valence-corrected chi connectivity index (χ0v) is 7.79. The predicted octanol–water partition coefficient (Wildman–Crippen LogP) is 1.67. The highest BCUT2D eigenvalue weighted by Crippen LogP contribution is 2.22. The molecule has 0 bridgehead atoms. The Morgan fingerprint density at radius 1 is 1.13 bits per heavy atom. The van der Waals surface area contributed by atoms with E-state index in [1.165, 1.54) is 0 Å². The van der Waals surface area contributed by atoms with Crippen LogP contribution in [-0.2, 0) is 0 Å². The van der Waals surface area contributed by atoms with Crippen LogP contribution in [0.3, 0.4) is 0 Å². The van der Waals surface area contributed by atoms with E-state index in [9.17, 15) is 10.4 Å². The van der Waals surface area contributed by atoms with Crippen molar-refractivity contribution in [1.82, 2.24) is 4.73 Å². The second kappa shape index (κ2) is 2.63. The van der Waals surface area contributed by atoms with Gasteiger partial charge in [0.15, 0.2) is 5.52 Å². The van der Waals surface area contributed by atoms with Crippen molar-refractivity contribution in [1.29, 1.82) is 0 Å². The lowest BCUT2D eigenvalue weighted by molar-refractivity contribution is -0.579. The second-order valence-electron chi connectivity index (χ2n) is 3.44. The number of aromatic nitrogens is 2. The van der Waals surface area contributed by atoms with Crippen molar-refractivity contribution in [2.45, 2.75) is 0 Å². The fourth-order valence-electron chi connectivity index (χ4n) is 1.88. The maximum absolute atomic E-state index is 11.4. The molecular weight excluding hydrogens is 192 g/mol. The predicted molar refractivity (Wildman–Crippen MR) is 55.6 cm³/mol. The van der Waals surface area contributed by atoms with E-state index in [0.29, 0.717) is 15.8 Å². The minimum atomic E-state index is 0.469. The average molecular weight is 200 g/mol. The summed E-state index contributed by atoms with van der Waals surface area (Å²) in [5.41, 5.74) is 1.01. The molecule has 0 saturated heterocycles. The molecule has 0 radical (unpaired) electrons. The van der Waals surface area contributed by atoms with E-state index in [1.54, 1.807) is 6.07 Å². The molecule has 0 aliphatic heterocycles. The molecule has 74 valence electrons. The van der Waals surface area contributed by atoms with Crippen LogP contribution in [0.4, 0.5) is 0 Å². The van der Waals surface area contributed by atoms with E-state index in [-0.39, 0.29) is 0 Å². The van der Waals surface area contributed by atoms with Gasteiger partial charge in [0.05, 0.1) is 0 Å². The molecule has 0 atom stereocenters. The minimum absolute atomic E-state index is 0.469. The first-order chi connectivity index (χ1) is 7.27. The van der Waals surface area contributed by atoms with E-state index in [2.05, 4.69) is 0 Å². The molecule has 1 heterocycles. The van der Waals surface area contributed by atoms with E-state index in [4.69, 9.17) is 0 Å². The van der Waals surface area contributed by atoms with Crippen LogP contribution in [0.1, 0.15) is 0 Å². The Bertz CT molecular complexity index is 658. The topological polar surface area (TPSA) is 52.1 Å². The largest absolute Gasteiger partial charge is 0.710 e. The molecule has 3 aromatic rings. The zero-order chi connectivity index (χ0) is 10.4. The smallest absolute Gasteiger partial charge is 0.288 e. The summed E-state index contributed by atoms with van der Waals surface area (Å²) < 4.78 is 1.52. The van der Waals surface area contributed by atoms with Crippen molar-refractivity contribution < 1.29 is 9.94 Å². The minimum Gasteiger partial charge on any atom is -0.710 e. The SMILES string of the molecule is [O-][n+]1cn(O)c2c3ccccc3ccc21. The summed E-state index contributed by atoms with van der Waals surface area (Å²) in [7, 11) is 0. The summed E-state index contributed by atoms with van der Waals surface area (Å²) in [6.07, 6.45) is 1.11. The first-order valence-electron chi connectivity index (χ1n) is 4.58. The van der Waals surface area contributed by atoms with E-state index in [1.807, 2.05) is 30.3 Å². The van der Waals surface area contributed by atoms with Crippen molar-refractivity contribution in [3.63, 3.8) is 0 Å². The molecule has 0 amide bonds. The van der Waals surface area contributed by atoms with Crippen molar-refractivity contribution in [2.24, 2.45) is 0 Å². The quantitative estimate of drug-likeness (QED) is 0.341. The highest BCUT2D eigenvalue weighted by molar-refractivity contribution is 6.03. The van der Waals surface area contributed by atoms with Gasteiger partial charge in [-0.05, 0) is 28.3 Å². The number of hydrogen-bond donors (Lipinski definition) is 1. The second-order valence-corrected chi connectivity index (χ2v) is 3.44. The van der Waals surface area contributed by atoms with Gasteiger partial charge >= 0.3 is 0 Å². The summed E-state index contributed by atoms with van der Waals surface area (Å²) in [5.74, 6) is 0. The van der Waals surface area contributed by atoms with Gasteiger partial charge in [-0.1, -0.05) is 18.2 Å². The van der Waals surface area contributed by atoms with Gasteiger partial charge in [-0.25, -0.2) is 4.73 Å². The van der Waals surface area contributed by atoms with Crippen LogP contribution in [-0.4, -0.2) is 9.94 Å². The lowest BCUT2D eigenvalue weighted by Crippen LogP contribution is -2.22. The van der Waals surface area contributed by atoms with Crippen LogP contribution in [0.5, 0.6) is 0 Å². The van der Waals surface area contributed by atoms with Gasteiger partial charge in [0.2, 0.25) is 5.52 Å². The molecule has 15 heavy (non-hydrogen) atoms. The summed E-state index contributed by atoms with van der Waals surface area (Å²) in [6, 6.07) is 11.2. The molecule has 0 aliphatic carbocycles. The van der Waals surface area contributed by atoms with Crippen molar-refractivity contribution in [2.75, 3.05) is 0 Å². The molecule has 0 unspecified atom stereocenters. The Morgan fingerprint density at radius 2 is 1.93 bits per heavy atom. The van der Waals surface area contributed by atoms with Crippen molar-refractivity contribution in [3.05, 3.63) is 47.9 Å². The van der Waals surface area contributed by atoms with Gasteiger partial charge in [0.25, 0.3) is 6.33 Å².